The normalized spacial score (nSPS) is 19.0. The zero-order chi connectivity index (χ0) is 14.4. The lowest BCUT2D eigenvalue weighted by Crippen LogP contribution is -2.25. The summed E-state index contributed by atoms with van der Waals surface area (Å²) in [6, 6.07) is 16.2. The van der Waals surface area contributed by atoms with Crippen molar-refractivity contribution in [2.45, 2.75) is 39.2 Å². The lowest BCUT2D eigenvalue weighted by molar-refractivity contribution is 0.457. The van der Waals surface area contributed by atoms with Crippen LogP contribution >= 0.6 is 0 Å². The van der Waals surface area contributed by atoms with Crippen LogP contribution in [0.4, 0.5) is 0 Å². The minimum atomic E-state index is 0.441. The molecule has 1 N–H and O–H groups in total. The van der Waals surface area contributed by atoms with Crippen molar-refractivity contribution in [2.24, 2.45) is 5.41 Å². The molecule has 1 heteroatoms. The Kier molecular flexibility index (Phi) is 2.93. The van der Waals surface area contributed by atoms with E-state index in [1.807, 2.05) is 0 Å². The minimum absolute atomic E-state index is 0.441. The Labute approximate surface area is 127 Å². The average molecular weight is 277 g/mol. The number of nitrogens with one attached hydrogen (secondary N) is 1. The fourth-order valence-corrected chi connectivity index (χ4v) is 3.34. The first-order chi connectivity index (χ1) is 10.1. The number of fused-ring (bicyclic) bond motifs is 3. The van der Waals surface area contributed by atoms with Crippen LogP contribution in [0.15, 0.2) is 42.5 Å². The van der Waals surface area contributed by atoms with E-state index in [-0.39, 0.29) is 0 Å². The zero-order valence-corrected chi connectivity index (χ0v) is 12.9. The van der Waals surface area contributed by atoms with Crippen LogP contribution in [0.3, 0.4) is 0 Å². The molecule has 108 valence electrons. The molecule has 1 saturated carbocycles. The summed E-state index contributed by atoms with van der Waals surface area (Å²) in [5.41, 5.74) is 7.80. The molecule has 2 aromatic carbocycles. The lowest BCUT2D eigenvalue weighted by Gasteiger charge is -2.18. The quantitative estimate of drug-likeness (QED) is 0.728. The molecule has 2 aromatic rings. The van der Waals surface area contributed by atoms with Gasteiger partial charge in [-0.2, -0.15) is 0 Å². The smallest absolute Gasteiger partial charge is 0.0292 e. The predicted molar refractivity (Wildman–Crippen MR) is 88.4 cm³/mol. The molecule has 2 aliphatic carbocycles. The number of rotatable bonds is 4. The van der Waals surface area contributed by atoms with Crippen molar-refractivity contribution in [3.05, 3.63) is 59.2 Å². The molecule has 1 fully saturated rings. The number of hydrogen-bond donors (Lipinski definition) is 1. The molecule has 1 nitrogen and oxygen atoms in total. The van der Waals surface area contributed by atoms with Crippen molar-refractivity contribution < 1.29 is 0 Å². The van der Waals surface area contributed by atoms with E-state index in [4.69, 9.17) is 0 Å². The molecule has 0 heterocycles. The Hall–Kier alpha value is -1.60. The molecule has 0 spiro atoms. The van der Waals surface area contributed by atoms with Crippen molar-refractivity contribution in [1.82, 2.24) is 5.32 Å². The fourth-order valence-electron chi connectivity index (χ4n) is 3.34. The van der Waals surface area contributed by atoms with Crippen LogP contribution in [0.2, 0.25) is 0 Å². The van der Waals surface area contributed by atoms with Gasteiger partial charge < -0.3 is 5.32 Å². The van der Waals surface area contributed by atoms with Gasteiger partial charge in [0.1, 0.15) is 0 Å². The average Bonchev–Trinajstić information content (AvgIpc) is 3.12. The molecule has 0 saturated heterocycles. The van der Waals surface area contributed by atoms with E-state index in [0.29, 0.717) is 11.5 Å². The lowest BCUT2D eigenvalue weighted by atomic mass is 10.00. The van der Waals surface area contributed by atoms with E-state index in [9.17, 15) is 0 Å². The molecule has 0 amide bonds. The first-order valence-corrected chi connectivity index (χ1v) is 8.09. The molecule has 0 aromatic heterocycles. The third kappa shape index (κ3) is 2.40. The molecule has 0 radical (unpaired) electrons. The van der Waals surface area contributed by atoms with Crippen LogP contribution in [-0.4, -0.2) is 6.54 Å². The first kappa shape index (κ1) is 13.1. The second-order valence-corrected chi connectivity index (χ2v) is 7.16. The summed E-state index contributed by atoms with van der Waals surface area (Å²) in [6.07, 6.45) is 3.85. The summed E-state index contributed by atoms with van der Waals surface area (Å²) < 4.78 is 0. The Balaban J connectivity index is 1.55. The van der Waals surface area contributed by atoms with Crippen LogP contribution in [0.25, 0.3) is 11.1 Å². The standard InChI is InChI=1S/C20H23N/c1-14(21-13-20(2)9-10-20)15-7-8-19-17(11-15)12-16-5-3-4-6-18(16)19/h3-8,11,14,21H,9-10,12-13H2,1-2H3. The SMILES string of the molecule is CC(NCC1(C)CC1)c1ccc2c(c1)Cc1ccccc1-2. The number of hydrogen-bond acceptors (Lipinski definition) is 1. The molecule has 0 bridgehead atoms. The largest absolute Gasteiger partial charge is 0.310 e. The van der Waals surface area contributed by atoms with E-state index in [2.05, 4.69) is 61.6 Å². The monoisotopic (exact) mass is 277 g/mol. The maximum absolute atomic E-state index is 3.71. The van der Waals surface area contributed by atoms with E-state index in [1.165, 1.54) is 40.7 Å². The summed E-state index contributed by atoms with van der Waals surface area (Å²) in [5, 5.41) is 3.71. The van der Waals surface area contributed by atoms with E-state index in [0.717, 1.165) is 13.0 Å². The predicted octanol–water partition coefficient (Wildman–Crippen LogP) is 4.71. The highest BCUT2D eigenvalue weighted by molar-refractivity contribution is 5.76. The summed E-state index contributed by atoms with van der Waals surface area (Å²) in [4.78, 5) is 0. The highest BCUT2D eigenvalue weighted by Crippen LogP contribution is 2.44. The van der Waals surface area contributed by atoms with Crippen LogP contribution in [0, 0.1) is 5.41 Å². The van der Waals surface area contributed by atoms with E-state index in [1.54, 1.807) is 0 Å². The van der Waals surface area contributed by atoms with E-state index >= 15 is 0 Å². The van der Waals surface area contributed by atoms with Gasteiger partial charge in [0.2, 0.25) is 0 Å². The zero-order valence-electron chi connectivity index (χ0n) is 12.9. The van der Waals surface area contributed by atoms with Gasteiger partial charge in [0.05, 0.1) is 0 Å². The molecular weight excluding hydrogens is 254 g/mol. The maximum Gasteiger partial charge on any atom is 0.0292 e. The van der Waals surface area contributed by atoms with Gasteiger partial charge in [0, 0.05) is 12.6 Å². The summed E-state index contributed by atoms with van der Waals surface area (Å²) >= 11 is 0. The summed E-state index contributed by atoms with van der Waals surface area (Å²) in [6.45, 7) is 5.81. The van der Waals surface area contributed by atoms with Crippen LogP contribution in [0.5, 0.6) is 0 Å². The second-order valence-electron chi connectivity index (χ2n) is 7.16. The van der Waals surface area contributed by atoms with Gasteiger partial charge in [-0.3, -0.25) is 0 Å². The minimum Gasteiger partial charge on any atom is -0.310 e. The van der Waals surface area contributed by atoms with Gasteiger partial charge in [-0.15, -0.1) is 0 Å². The summed E-state index contributed by atoms with van der Waals surface area (Å²) in [5.74, 6) is 0. The van der Waals surface area contributed by atoms with Gasteiger partial charge in [-0.05, 0) is 59.4 Å². The highest BCUT2D eigenvalue weighted by Gasteiger charge is 2.36. The topological polar surface area (TPSA) is 12.0 Å². The maximum atomic E-state index is 3.71. The van der Waals surface area contributed by atoms with Crippen molar-refractivity contribution in [2.75, 3.05) is 6.54 Å². The Bertz CT molecular complexity index is 682. The van der Waals surface area contributed by atoms with Crippen LogP contribution in [-0.2, 0) is 6.42 Å². The molecule has 2 aliphatic rings. The van der Waals surface area contributed by atoms with Gasteiger partial charge in [0.15, 0.2) is 0 Å². The van der Waals surface area contributed by atoms with Gasteiger partial charge in [-0.1, -0.05) is 49.4 Å². The third-order valence-corrected chi connectivity index (χ3v) is 5.26. The fraction of sp³-hybridized carbons (Fsp3) is 0.400. The Morgan fingerprint density at radius 3 is 2.62 bits per heavy atom. The third-order valence-electron chi connectivity index (χ3n) is 5.26. The van der Waals surface area contributed by atoms with Gasteiger partial charge in [0.25, 0.3) is 0 Å². The number of benzene rings is 2. The van der Waals surface area contributed by atoms with E-state index < -0.39 is 0 Å². The van der Waals surface area contributed by atoms with Crippen molar-refractivity contribution in [3.63, 3.8) is 0 Å². The Morgan fingerprint density at radius 2 is 1.81 bits per heavy atom. The molecule has 21 heavy (non-hydrogen) atoms. The van der Waals surface area contributed by atoms with Crippen molar-refractivity contribution >= 4 is 0 Å². The van der Waals surface area contributed by atoms with Crippen molar-refractivity contribution in [3.8, 4) is 11.1 Å². The Morgan fingerprint density at radius 1 is 1.05 bits per heavy atom. The first-order valence-electron chi connectivity index (χ1n) is 8.09. The van der Waals surface area contributed by atoms with Gasteiger partial charge >= 0.3 is 0 Å². The van der Waals surface area contributed by atoms with Gasteiger partial charge in [-0.25, -0.2) is 0 Å². The van der Waals surface area contributed by atoms with Crippen LogP contribution < -0.4 is 5.32 Å². The highest BCUT2D eigenvalue weighted by atomic mass is 14.9. The molecule has 4 rings (SSSR count). The molecule has 1 unspecified atom stereocenters. The van der Waals surface area contributed by atoms with Crippen LogP contribution in [0.1, 0.15) is 49.4 Å². The molecular formula is C20H23N. The molecule has 1 atom stereocenters. The summed E-state index contributed by atoms with van der Waals surface area (Å²) in [7, 11) is 0. The molecule has 0 aliphatic heterocycles. The van der Waals surface area contributed by atoms with Crippen molar-refractivity contribution in [1.29, 1.82) is 0 Å². The second kappa shape index (κ2) is 4.71.